The molecule has 1 aliphatic rings. The van der Waals surface area contributed by atoms with Crippen LogP contribution in [0.2, 0.25) is 0 Å². The Morgan fingerprint density at radius 3 is 2.70 bits per heavy atom. The van der Waals surface area contributed by atoms with Crippen molar-refractivity contribution in [1.82, 2.24) is 4.90 Å². The number of carboxylic acid groups (broad SMARTS) is 1. The monoisotopic (exact) mass is 279 g/mol. The van der Waals surface area contributed by atoms with Gasteiger partial charge in [0.1, 0.15) is 11.3 Å². The van der Waals surface area contributed by atoms with E-state index in [0.29, 0.717) is 24.6 Å². The van der Waals surface area contributed by atoms with Gasteiger partial charge in [0.25, 0.3) is 5.91 Å². The molecule has 1 unspecified atom stereocenters. The van der Waals surface area contributed by atoms with Crippen LogP contribution in [-0.4, -0.2) is 34.5 Å². The lowest BCUT2D eigenvalue weighted by molar-refractivity contribution is 0.0664. The van der Waals surface area contributed by atoms with Crippen molar-refractivity contribution in [2.75, 3.05) is 6.54 Å². The van der Waals surface area contributed by atoms with Gasteiger partial charge in [-0.05, 0) is 18.8 Å². The van der Waals surface area contributed by atoms with Crippen molar-refractivity contribution in [2.24, 2.45) is 5.92 Å². The first kappa shape index (κ1) is 14.6. The third kappa shape index (κ3) is 2.57. The van der Waals surface area contributed by atoms with Crippen molar-refractivity contribution in [1.29, 1.82) is 0 Å². The maximum atomic E-state index is 12.5. The first-order chi connectivity index (χ1) is 9.45. The molecular formula is C15H21NO4. The van der Waals surface area contributed by atoms with Crippen LogP contribution in [0.15, 0.2) is 10.5 Å². The van der Waals surface area contributed by atoms with Gasteiger partial charge < -0.3 is 14.4 Å². The summed E-state index contributed by atoms with van der Waals surface area (Å²) in [5, 5.41) is 9.11. The minimum Gasteiger partial charge on any atom is -0.478 e. The lowest BCUT2D eigenvalue weighted by atomic mass is 10.0. The van der Waals surface area contributed by atoms with E-state index in [1.165, 1.54) is 6.07 Å². The summed E-state index contributed by atoms with van der Waals surface area (Å²) < 4.78 is 5.46. The van der Waals surface area contributed by atoms with Crippen LogP contribution in [0.3, 0.4) is 0 Å². The molecule has 110 valence electrons. The van der Waals surface area contributed by atoms with E-state index in [2.05, 4.69) is 13.8 Å². The Kier molecular flexibility index (Phi) is 4.16. The summed E-state index contributed by atoms with van der Waals surface area (Å²) in [4.78, 5) is 25.4. The number of hydrogen-bond donors (Lipinski definition) is 1. The zero-order valence-corrected chi connectivity index (χ0v) is 12.2. The number of hydrogen-bond acceptors (Lipinski definition) is 3. The second-order valence-corrected chi connectivity index (χ2v) is 5.56. The molecule has 1 aromatic rings. The molecular weight excluding hydrogens is 258 g/mol. The van der Waals surface area contributed by atoms with Gasteiger partial charge in [0, 0.05) is 25.1 Å². The SMILES string of the molecule is CCc1oc(C(=O)N2CCCC2C(C)C)cc1C(=O)O. The molecule has 5 heteroatoms. The molecule has 2 heterocycles. The molecule has 1 aliphatic heterocycles. The van der Waals surface area contributed by atoms with E-state index >= 15 is 0 Å². The molecule has 0 radical (unpaired) electrons. The van der Waals surface area contributed by atoms with Crippen LogP contribution in [0.1, 0.15) is 60.3 Å². The molecule has 0 aromatic carbocycles. The highest BCUT2D eigenvalue weighted by Crippen LogP contribution is 2.27. The number of amides is 1. The third-order valence-corrected chi connectivity index (χ3v) is 3.90. The summed E-state index contributed by atoms with van der Waals surface area (Å²) in [5.41, 5.74) is 0.0937. The standard InChI is InChI=1S/C15H21NO4/c1-4-12-10(15(18)19)8-13(20-12)14(17)16-7-5-6-11(16)9(2)3/h8-9,11H,4-7H2,1-3H3,(H,18,19). The van der Waals surface area contributed by atoms with Crippen LogP contribution in [0, 0.1) is 5.92 Å². The highest BCUT2D eigenvalue weighted by Gasteiger charge is 2.33. The molecule has 1 fully saturated rings. The van der Waals surface area contributed by atoms with E-state index in [4.69, 9.17) is 9.52 Å². The molecule has 5 nitrogen and oxygen atoms in total. The van der Waals surface area contributed by atoms with Gasteiger partial charge in [-0.15, -0.1) is 0 Å². The smallest absolute Gasteiger partial charge is 0.339 e. The average Bonchev–Trinajstić information content (AvgIpc) is 3.04. The third-order valence-electron chi connectivity index (χ3n) is 3.90. The maximum absolute atomic E-state index is 12.5. The molecule has 1 saturated heterocycles. The number of carbonyl (C=O) groups excluding carboxylic acids is 1. The van der Waals surface area contributed by atoms with E-state index in [1.54, 1.807) is 0 Å². The first-order valence-electron chi connectivity index (χ1n) is 7.12. The number of rotatable bonds is 4. The minimum atomic E-state index is -1.05. The van der Waals surface area contributed by atoms with E-state index in [-0.39, 0.29) is 23.3 Å². The van der Waals surface area contributed by atoms with Gasteiger partial charge in [-0.3, -0.25) is 4.79 Å². The zero-order valence-electron chi connectivity index (χ0n) is 12.2. The Morgan fingerprint density at radius 2 is 2.20 bits per heavy atom. The van der Waals surface area contributed by atoms with Gasteiger partial charge in [-0.25, -0.2) is 4.79 Å². The van der Waals surface area contributed by atoms with E-state index in [1.807, 2.05) is 11.8 Å². The second-order valence-electron chi connectivity index (χ2n) is 5.56. The van der Waals surface area contributed by atoms with Crippen molar-refractivity contribution >= 4 is 11.9 Å². The van der Waals surface area contributed by atoms with Gasteiger partial charge in [-0.1, -0.05) is 20.8 Å². The van der Waals surface area contributed by atoms with Crippen molar-refractivity contribution in [3.8, 4) is 0 Å². The van der Waals surface area contributed by atoms with Gasteiger partial charge in [0.05, 0.1) is 0 Å². The maximum Gasteiger partial charge on any atom is 0.339 e. The fourth-order valence-electron chi connectivity index (χ4n) is 2.86. The van der Waals surface area contributed by atoms with Crippen LogP contribution in [0.5, 0.6) is 0 Å². The van der Waals surface area contributed by atoms with Crippen molar-refractivity contribution < 1.29 is 19.1 Å². The van der Waals surface area contributed by atoms with E-state index in [0.717, 1.165) is 12.8 Å². The van der Waals surface area contributed by atoms with Crippen LogP contribution in [-0.2, 0) is 6.42 Å². The Balaban J connectivity index is 2.27. The zero-order chi connectivity index (χ0) is 14.9. The summed E-state index contributed by atoms with van der Waals surface area (Å²) >= 11 is 0. The average molecular weight is 279 g/mol. The summed E-state index contributed by atoms with van der Waals surface area (Å²) in [6.45, 7) is 6.72. The topological polar surface area (TPSA) is 70.8 Å². The molecule has 0 bridgehead atoms. The summed E-state index contributed by atoms with van der Waals surface area (Å²) in [7, 11) is 0. The molecule has 1 N–H and O–H groups in total. The minimum absolute atomic E-state index is 0.0937. The van der Waals surface area contributed by atoms with Crippen molar-refractivity contribution in [3.63, 3.8) is 0 Å². The van der Waals surface area contributed by atoms with E-state index in [9.17, 15) is 9.59 Å². The summed E-state index contributed by atoms with van der Waals surface area (Å²) in [5.74, 6) is -0.344. The molecule has 2 rings (SSSR count). The highest BCUT2D eigenvalue weighted by molar-refractivity contribution is 5.96. The van der Waals surface area contributed by atoms with Crippen LogP contribution in [0.25, 0.3) is 0 Å². The van der Waals surface area contributed by atoms with Crippen LogP contribution >= 0.6 is 0 Å². The molecule has 0 saturated carbocycles. The van der Waals surface area contributed by atoms with Crippen LogP contribution in [0.4, 0.5) is 0 Å². The number of carbonyl (C=O) groups is 2. The first-order valence-corrected chi connectivity index (χ1v) is 7.12. The Bertz CT molecular complexity index is 518. The molecule has 1 aromatic heterocycles. The lowest BCUT2D eigenvalue weighted by Crippen LogP contribution is -2.38. The molecule has 1 amide bonds. The largest absolute Gasteiger partial charge is 0.478 e. The van der Waals surface area contributed by atoms with Gasteiger partial charge >= 0.3 is 5.97 Å². The Labute approximate surface area is 118 Å². The second kappa shape index (κ2) is 5.69. The van der Waals surface area contributed by atoms with Gasteiger partial charge in [-0.2, -0.15) is 0 Å². The number of carboxylic acids is 1. The quantitative estimate of drug-likeness (QED) is 0.920. The van der Waals surface area contributed by atoms with Crippen LogP contribution < -0.4 is 0 Å². The number of aromatic carboxylic acids is 1. The normalized spacial score (nSPS) is 18.8. The Hall–Kier alpha value is -1.78. The summed E-state index contributed by atoms with van der Waals surface area (Å²) in [6, 6.07) is 1.57. The van der Waals surface area contributed by atoms with Crippen molar-refractivity contribution in [2.45, 2.75) is 46.1 Å². The number of likely N-dealkylation sites (tertiary alicyclic amines) is 1. The Morgan fingerprint density at radius 1 is 1.50 bits per heavy atom. The van der Waals surface area contributed by atoms with Crippen molar-refractivity contribution in [3.05, 3.63) is 23.2 Å². The number of nitrogens with zero attached hydrogens (tertiary/aromatic N) is 1. The fourth-order valence-corrected chi connectivity index (χ4v) is 2.86. The number of furan rings is 1. The highest BCUT2D eigenvalue weighted by atomic mass is 16.4. The lowest BCUT2D eigenvalue weighted by Gasteiger charge is -2.26. The molecule has 0 aliphatic carbocycles. The van der Waals surface area contributed by atoms with Gasteiger partial charge in [0.15, 0.2) is 5.76 Å². The van der Waals surface area contributed by atoms with E-state index < -0.39 is 5.97 Å². The summed E-state index contributed by atoms with van der Waals surface area (Å²) in [6.07, 6.45) is 2.45. The molecule has 0 spiro atoms. The number of aryl methyl sites for hydroxylation is 1. The fraction of sp³-hybridized carbons (Fsp3) is 0.600. The van der Waals surface area contributed by atoms with Gasteiger partial charge in [0.2, 0.25) is 0 Å². The predicted molar refractivity (Wildman–Crippen MR) is 73.9 cm³/mol. The predicted octanol–water partition coefficient (Wildman–Crippen LogP) is 2.80. The molecule has 20 heavy (non-hydrogen) atoms. The molecule has 1 atom stereocenters.